The molecule has 0 aliphatic carbocycles. The zero-order valence-corrected chi connectivity index (χ0v) is 13.4. The lowest BCUT2D eigenvalue weighted by Crippen LogP contribution is -2.20. The highest BCUT2D eigenvalue weighted by atomic mass is 79.9. The van der Waals surface area contributed by atoms with Crippen molar-refractivity contribution in [1.82, 2.24) is 4.98 Å². The van der Waals surface area contributed by atoms with Crippen molar-refractivity contribution < 1.29 is 5.11 Å². The molecule has 0 bridgehead atoms. The fourth-order valence-electron chi connectivity index (χ4n) is 1.71. The minimum Gasteiger partial charge on any atom is -0.387 e. The summed E-state index contributed by atoms with van der Waals surface area (Å²) in [7, 11) is 0. The molecule has 0 saturated heterocycles. The van der Waals surface area contributed by atoms with Crippen molar-refractivity contribution in [2.45, 2.75) is 12.0 Å². The number of hydrogen-bond donors (Lipinski definition) is 2. The molecule has 2 atom stereocenters. The van der Waals surface area contributed by atoms with Gasteiger partial charge in [-0.15, -0.1) is 11.3 Å². The van der Waals surface area contributed by atoms with Gasteiger partial charge in [-0.25, -0.2) is 0 Å². The Labute approximate surface area is 126 Å². The van der Waals surface area contributed by atoms with Gasteiger partial charge in [0.2, 0.25) is 0 Å². The van der Waals surface area contributed by atoms with Crippen LogP contribution >= 0.6 is 43.2 Å². The molecule has 0 aliphatic rings. The Morgan fingerprint density at radius 1 is 1.39 bits per heavy atom. The van der Waals surface area contributed by atoms with Crippen molar-refractivity contribution in [2.24, 2.45) is 5.73 Å². The highest BCUT2D eigenvalue weighted by Crippen LogP contribution is 2.39. The smallest absolute Gasteiger partial charge is 0.0978 e. The molecule has 2 unspecified atom stereocenters. The van der Waals surface area contributed by atoms with Crippen LogP contribution in [0.5, 0.6) is 0 Å². The largest absolute Gasteiger partial charge is 0.387 e. The van der Waals surface area contributed by atoms with E-state index >= 15 is 0 Å². The molecule has 3 nitrogen and oxygen atoms in total. The number of aliphatic hydroxyl groups is 1. The van der Waals surface area contributed by atoms with Crippen LogP contribution in [0.15, 0.2) is 38.7 Å². The number of aromatic nitrogens is 1. The maximum atomic E-state index is 10.4. The van der Waals surface area contributed by atoms with E-state index < -0.39 is 6.10 Å². The fraction of sp³-hybridized carbons (Fsp3) is 0.250. The molecule has 0 spiro atoms. The molecule has 3 N–H and O–H groups in total. The number of halogens is 2. The normalized spacial score (nSPS) is 14.4. The SMILES string of the molecule is NCC(c1ccccn1)C(O)c1cc(Br)c(Br)s1. The summed E-state index contributed by atoms with van der Waals surface area (Å²) in [6, 6.07) is 7.54. The average molecular weight is 392 g/mol. The lowest BCUT2D eigenvalue weighted by atomic mass is 9.97. The Hall–Kier alpha value is -0.270. The molecule has 2 aromatic heterocycles. The van der Waals surface area contributed by atoms with Gasteiger partial charge in [-0.05, 0) is 50.1 Å². The van der Waals surface area contributed by atoms with Crippen LogP contribution in [0.2, 0.25) is 0 Å². The molecule has 2 heterocycles. The van der Waals surface area contributed by atoms with Crippen LogP contribution in [0.4, 0.5) is 0 Å². The number of nitrogens with zero attached hydrogens (tertiary/aromatic N) is 1. The third kappa shape index (κ3) is 3.00. The molecule has 2 rings (SSSR count). The summed E-state index contributed by atoms with van der Waals surface area (Å²) < 4.78 is 1.91. The van der Waals surface area contributed by atoms with Crippen LogP contribution in [0.3, 0.4) is 0 Å². The van der Waals surface area contributed by atoms with Crippen molar-refractivity contribution in [3.05, 3.63) is 49.3 Å². The van der Waals surface area contributed by atoms with Gasteiger partial charge in [0.15, 0.2) is 0 Å². The van der Waals surface area contributed by atoms with Gasteiger partial charge in [0.25, 0.3) is 0 Å². The van der Waals surface area contributed by atoms with Crippen LogP contribution in [-0.2, 0) is 0 Å². The third-order valence-corrected chi connectivity index (χ3v) is 5.99. The summed E-state index contributed by atoms with van der Waals surface area (Å²) in [6.07, 6.45) is 1.07. The molecule has 18 heavy (non-hydrogen) atoms. The molecule has 6 heteroatoms. The fourth-order valence-corrected chi connectivity index (χ4v) is 3.86. The van der Waals surface area contributed by atoms with E-state index in [1.807, 2.05) is 24.3 Å². The van der Waals surface area contributed by atoms with Crippen LogP contribution in [0.1, 0.15) is 22.6 Å². The lowest BCUT2D eigenvalue weighted by Gasteiger charge is -2.19. The van der Waals surface area contributed by atoms with Gasteiger partial charge in [0, 0.05) is 33.7 Å². The Morgan fingerprint density at radius 2 is 2.17 bits per heavy atom. The Bertz CT molecular complexity index is 499. The minimum atomic E-state index is -0.641. The number of rotatable bonds is 4. The number of pyridine rings is 1. The predicted molar refractivity (Wildman–Crippen MR) is 80.7 cm³/mol. The molecule has 0 saturated carbocycles. The summed E-state index contributed by atoms with van der Waals surface area (Å²) in [5, 5.41) is 10.4. The van der Waals surface area contributed by atoms with E-state index in [4.69, 9.17) is 5.73 Å². The van der Waals surface area contributed by atoms with Gasteiger partial charge < -0.3 is 10.8 Å². The van der Waals surface area contributed by atoms with Gasteiger partial charge in [-0.1, -0.05) is 6.07 Å². The van der Waals surface area contributed by atoms with Crippen LogP contribution in [0.25, 0.3) is 0 Å². The van der Waals surface area contributed by atoms with E-state index in [-0.39, 0.29) is 5.92 Å². The van der Waals surface area contributed by atoms with Crippen molar-refractivity contribution in [3.8, 4) is 0 Å². The van der Waals surface area contributed by atoms with E-state index in [9.17, 15) is 5.11 Å². The number of hydrogen-bond acceptors (Lipinski definition) is 4. The molecule has 0 amide bonds. The first kappa shape index (κ1) is 14.1. The lowest BCUT2D eigenvalue weighted by molar-refractivity contribution is 0.149. The van der Waals surface area contributed by atoms with Gasteiger partial charge in [0.05, 0.1) is 9.89 Å². The Balaban J connectivity index is 2.28. The summed E-state index contributed by atoms with van der Waals surface area (Å²) in [6.45, 7) is 0.352. The van der Waals surface area contributed by atoms with Crippen LogP contribution in [0, 0.1) is 0 Å². The van der Waals surface area contributed by atoms with Crippen molar-refractivity contribution in [1.29, 1.82) is 0 Å². The first-order valence-corrected chi connectivity index (χ1v) is 7.77. The summed E-state index contributed by atoms with van der Waals surface area (Å²) in [4.78, 5) is 5.14. The standard InChI is InChI=1S/C12H12Br2N2OS/c13-8-5-10(18-12(8)14)11(17)7(6-15)9-3-1-2-4-16-9/h1-5,7,11,17H,6,15H2. The monoisotopic (exact) mass is 390 g/mol. The molecular weight excluding hydrogens is 380 g/mol. The maximum absolute atomic E-state index is 10.4. The second-order valence-corrected chi connectivity index (χ2v) is 7.07. The molecular formula is C12H12Br2N2OS. The highest BCUT2D eigenvalue weighted by Gasteiger charge is 2.24. The van der Waals surface area contributed by atoms with E-state index in [1.165, 1.54) is 11.3 Å². The van der Waals surface area contributed by atoms with Gasteiger partial charge in [-0.2, -0.15) is 0 Å². The number of nitrogens with two attached hydrogens (primary N) is 1. The van der Waals surface area contributed by atoms with Gasteiger partial charge in [0.1, 0.15) is 0 Å². The Kier molecular flexibility index (Phi) is 4.91. The summed E-state index contributed by atoms with van der Waals surface area (Å²) in [5.74, 6) is -0.191. The zero-order valence-electron chi connectivity index (χ0n) is 9.38. The van der Waals surface area contributed by atoms with E-state index in [0.717, 1.165) is 18.8 Å². The molecule has 96 valence electrons. The molecule has 0 aliphatic heterocycles. The highest BCUT2D eigenvalue weighted by molar-refractivity contribution is 9.13. The van der Waals surface area contributed by atoms with E-state index in [0.29, 0.717) is 6.54 Å². The quantitative estimate of drug-likeness (QED) is 0.839. The minimum absolute atomic E-state index is 0.191. The molecule has 0 fully saturated rings. The predicted octanol–water partition coefficient (Wildman–Crippen LogP) is 3.44. The first-order chi connectivity index (χ1) is 8.63. The number of thiophene rings is 1. The second-order valence-electron chi connectivity index (χ2n) is 3.81. The average Bonchev–Trinajstić information content (AvgIpc) is 2.72. The van der Waals surface area contributed by atoms with Gasteiger partial charge >= 0.3 is 0 Å². The van der Waals surface area contributed by atoms with Crippen molar-refractivity contribution >= 4 is 43.2 Å². The molecule has 0 aromatic carbocycles. The first-order valence-electron chi connectivity index (χ1n) is 5.37. The Morgan fingerprint density at radius 3 is 2.67 bits per heavy atom. The molecule has 0 radical (unpaired) electrons. The van der Waals surface area contributed by atoms with Crippen LogP contribution < -0.4 is 5.73 Å². The summed E-state index contributed by atoms with van der Waals surface area (Å²) >= 11 is 8.34. The van der Waals surface area contributed by atoms with Gasteiger partial charge in [-0.3, -0.25) is 4.98 Å². The number of aliphatic hydroxyl groups excluding tert-OH is 1. The van der Waals surface area contributed by atoms with Crippen LogP contribution in [-0.4, -0.2) is 16.6 Å². The van der Waals surface area contributed by atoms with E-state index in [1.54, 1.807) is 6.20 Å². The van der Waals surface area contributed by atoms with Crippen molar-refractivity contribution in [2.75, 3.05) is 6.54 Å². The second kappa shape index (κ2) is 6.25. The third-order valence-electron chi connectivity index (χ3n) is 2.66. The topological polar surface area (TPSA) is 59.1 Å². The van der Waals surface area contributed by atoms with E-state index in [2.05, 4.69) is 36.8 Å². The zero-order chi connectivity index (χ0) is 13.1. The summed E-state index contributed by atoms with van der Waals surface area (Å²) in [5.41, 5.74) is 6.58. The maximum Gasteiger partial charge on any atom is 0.0978 e. The molecule has 2 aromatic rings. The van der Waals surface area contributed by atoms with Crippen molar-refractivity contribution in [3.63, 3.8) is 0 Å².